The van der Waals surface area contributed by atoms with Gasteiger partial charge in [0, 0.05) is 63.9 Å². The number of rotatable bonds is 10. The molecule has 0 aliphatic rings. The van der Waals surface area contributed by atoms with Gasteiger partial charge in [-0.05, 0) is 25.0 Å². The van der Waals surface area contributed by atoms with Gasteiger partial charge in [0.15, 0.2) is 5.96 Å². The highest BCUT2D eigenvalue weighted by Gasteiger charge is 2.04. The summed E-state index contributed by atoms with van der Waals surface area (Å²) in [6.07, 6.45) is 9.49. The van der Waals surface area contributed by atoms with Crippen LogP contribution in [0.15, 0.2) is 66.2 Å². The second-order valence-corrected chi connectivity index (χ2v) is 6.52. The molecule has 0 saturated heterocycles. The molecule has 148 valence electrons. The number of benzene rings is 1. The Morgan fingerprint density at radius 1 is 1.07 bits per heavy atom. The standard InChI is InChI=1S/C21H29N7/c1-2-22-21(24-11-6-15-28-16-7-12-26-28)25-13-10-20-23-14-17-27(20)18-19-8-4-3-5-9-19/h3-5,7-9,12,14,16-17H,2,6,10-11,13,15,18H2,1H3,(H2,22,24,25). The molecule has 2 aromatic heterocycles. The molecule has 0 radical (unpaired) electrons. The Kier molecular flexibility index (Phi) is 7.67. The summed E-state index contributed by atoms with van der Waals surface area (Å²) in [4.78, 5) is 9.16. The predicted octanol–water partition coefficient (Wildman–Crippen LogP) is 2.32. The van der Waals surface area contributed by atoms with Gasteiger partial charge in [0.1, 0.15) is 5.82 Å². The lowest BCUT2D eigenvalue weighted by atomic mass is 10.2. The largest absolute Gasteiger partial charge is 0.357 e. The van der Waals surface area contributed by atoms with E-state index in [2.05, 4.69) is 61.5 Å². The first kappa shape index (κ1) is 19.7. The number of imidazole rings is 1. The van der Waals surface area contributed by atoms with Crippen molar-refractivity contribution in [3.8, 4) is 0 Å². The second kappa shape index (κ2) is 10.9. The smallest absolute Gasteiger partial charge is 0.191 e. The molecule has 0 aliphatic carbocycles. The number of hydrogen-bond acceptors (Lipinski definition) is 3. The zero-order valence-electron chi connectivity index (χ0n) is 16.5. The van der Waals surface area contributed by atoms with Gasteiger partial charge in [-0.3, -0.25) is 9.67 Å². The van der Waals surface area contributed by atoms with Crippen molar-refractivity contribution in [1.29, 1.82) is 0 Å². The molecule has 1 aromatic carbocycles. The van der Waals surface area contributed by atoms with E-state index in [9.17, 15) is 0 Å². The van der Waals surface area contributed by atoms with Crippen LogP contribution in [0.4, 0.5) is 0 Å². The summed E-state index contributed by atoms with van der Waals surface area (Å²) in [7, 11) is 0. The minimum Gasteiger partial charge on any atom is -0.357 e. The molecule has 0 atom stereocenters. The van der Waals surface area contributed by atoms with Crippen molar-refractivity contribution >= 4 is 5.96 Å². The first-order valence-corrected chi connectivity index (χ1v) is 9.88. The molecule has 2 heterocycles. The number of aryl methyl sites for hydroxylation is 1. The van der Waals surface area contributed by atoms with E-state index < -0.39 is 0 Å². The van der Waals surface area contributed by atoms with Crippen LogP contribution < -0.4 is 10.6 Å². The highest BCUT2D eigenvalue weighted by atomic mass is 15.3. The lowest BCUT2D eigenvalue weighted by Crippen LogP contribution is -2.38. The fourth-order valence-corrected chi connectivity index (χ4v) is 2.98. The third-order valence-electron chi connectivity index (χ3n) is 4.36. The van der Waals surface area contributed by atoms with Crippen LogP contribution in [0.5, 0.6) is 0 Å². The van der Waals surface area contributed by atoms with E-state index in [1.165, 1.54) is 5.56 Å². The Morgan fingerprint density at radius 3 is 2.75 bits per heavy atom. The van der Waals surface area contributed by atoms with E-state index in [0.717, 1.165) is 57.3 Å². The van der Waals surface area contributed by atoms with Gasteiger partial charge in [0.2, 0.25) is 0 Å². The molecule has 0 aliphatic heterocycles. The van der Waals surface area contributed by atoms with Crippen LogP contribution in [0, 0.1) is 0 Å². The van der Waals surface area contributed by atoms with Crippen LogP contribution in [-0.2, 0) is 19.5 Å². The normalized spacial score (nSPS) is 11.5. The van der Waals surface area contributed by atoms with Crippen LogP contribution in [0.3, 0.4) is 0 Å². The molecule has 28 heavy (non-hydrogen) atoms. The molecule has 0 amide bonds. The van der Waals surface area contributed by atoms with E-state index in [-0.39, 0.29) is 0 Å². The maximum Gasteiger partial charge on any atom is 0.191 e. The topological polar surface area (TPSA) is 72.1 Å². The Labute approximate surface area is 166 Å². The molecule has 0 spiro atoms. The Hall–Kier alpha value is -3.09. The van der Waals surface area contributed by atoms with Gasteiger partial charge >= 0.3 is 0 Å². The van der Waals surface area contributed by atoms with Gasteiger partial charge in [0.25, 0.3) is 0 Å². The summed E-state index contributed by atoms with van der Waals surface area (Å²) >= 11 is 0. The average Bonchev–Trinajstić information content (AvgIpc) is 3.38. The lowest BCUT2D eigenvalue weighted by Gasteiger charge is -2.12. The number of nitrogens with one attached hydrogen (secondary N) is 2. The van der Waals surface area contributed by atoms with Crippen LogP contribution in [0.1, 0.15) is 24.7 Å². The summed E-state index contributed by atoms with van der Waals surface area (Å²) in [6, 6.07) is 12.4. The van der Waals surface area contributed by atoms with Gasteiger partial charge in [-0.2, -0.15) is 5.10 Å². The molecule has 2 N–H and O–H groups in total. The summed E-state index contributed by atoms with van der Waals surface area (Å²) in [6.45, 7) is 6.19. The van der Waals surface area contributed by atoms with Crippen molar-refractivity contribution in [2.45, 2.75) is 32.9 Å². The fraction of sp³-hybridized carbons (Fsp3) is 0.381. The van der Waals surface area contributed by atoms with Gasteiger partial charge < -0.3 is 15.2 Å². The highest BCUT2D eigenvalue weighted by Crippen LogP contribution is 2.05. The third-order valence-corrected chi connectivity index (χ3v) is 4.36. The van der Waals surface area contributed by atoms with Gasteiger partial charge in [-0.15, -0.1) is 0 Å². The zero-order chi connectivity index (χ0) is 19.4. The van der Waals surface area contributed by atoms with Gasteiger partial charge in [-0.25, -0.2) is 4.98 Å². The molecule has 0 bridgehead atoms. The minimum atomic E-state index is 0.762. The summed E-state index contributed by atoms with van der Waals surface area (Å²) < 4.78 is 4.13. The van der Waals surface area contributed by atoms with Crippen molar-refractivity contribution in [3.63, 3.8) is 0 Å². The van der Waals surface area contributed by atoms with E-state index in [0.29, 0.717) is 0 Å². The van der Waals surface area contributed by atoms with Crippen molar-refractivity contribution in [2.24, 2.45) is 4.99 Å². The number of hydrogen-bond donors (Lipinski definition) is 2. The Morgan fingerprint density at radius 2 is 1.96 bits per heavy atom. The molecular weight excluding hydrogens is 350 g/mol. The fourth-order valence-electron chi connectivity index (χ4n) is 2.98. The highest BCUT2D eigenvalue weighted by molar-refractivity contribution is 5.79. The first-order valence-electron chi connectivity index (χ1n) is 9.88. The van der Waals surface area contributed by atoms with Crippen molar-refractivity contribution in [2.75, 3.05) is 19.6 Å². The van der Waals surface area contributed by atoms with E-state index in [4.69, 9.17) is 0 Å². The van der Waals surface area contributed by atoms with Crippen LogP contribution >= 0.6 is 0 Å². The van der Waals surface area contributed by atoms with E-state index >= 15 is 0 Å². The van der Waals surface area contributed by atoms with E-state index in [1.54, 1.807) is 6.20 Å². The molecule has 3 rings (SSSR count). The molecule has 0 saturated carbocycles. The molecule has 7 nitrogen and oxygen atoms in total. The maximum atomic E-state index is 4.65. The minimum absolute atomic E-state index is 0.762. The third kappa shape index (κ3) is 6.26. The molecular formula is C21H29N7. The number of nitrogens with zero attached hydrogens (tertiary/aromatic N) is 5. The Bertz CT molecular complexity index is 822. The second-order valence-electron chi connectivity index (χ2n) is 6.52. The van der Waals surface area contributed by atoms with Crippen molar-refractivity contribution < 1.29 is 0 Å². The lowest BCUT2D eigenvalue weighted by molar-refractivity contribution is 0.583. The monoisotopic (exact) mass is 379 g/mol. The number of aromatic nitrogens is 4. The molecule has 0 unspecified atom stereocenters. The quantitative estimate of drug-likeness (QED) is 0.322. The van der Waals surface area contributed by atoms with Gasteiger partial charge in [0.05, 0.1) is 0 Å². The van der Waals surface area contributed by atoms with Crippen LogP contribution in [0.2, 0.25) is 0 Å². The summed E-state index contributed by atoms with van der Waals surface area (Å²) in [5, 5.41) is 10.9. The average molecular weight is 380 g/mol. The molecule has 0 fully saturated rings. The predicted molar refractivity (Wildman–Crippen MR) is 112 cm³/mol. The van der Waals surface area contributed by atoms with Crippen molar-refractivity contribution in [3.05, 3.63) is 72.6 Å². The van der Waals surface area contributed by atoms with Crippen LogP contribution in [0.25, 0.3) is 0 Å². The summed E-state index contributed by atoms with van der Waals surface area (Å²) in [5.74, 6) is 1.93. The summed E-state index contributed by atoms with van der Waals surface area (Å²) in [5.41, 5.74) is 1.28. The van der Waals surface area contributed by atoms with Crippen LogP contribution in [-0.4, -0.2) is 44.9 Å². The maximum absolute atomic E-state index is 4.65. The first-order chi connectivity index (χ1) is 13.8. The SMILES string of the molecule is CCNC(=NCCCn1cccn1)NCCc1nccn1Cc1ccccc1. The molecule has 3 aromatic rings. The number of guanidine groups is 1. The number of aliphatic imine (C=N–C) groups is 1. The van der Waals surface area contributed by atoms with E-state index in [1.807, 2.05) is 35.4 Å². The molecule has 7 heteroatoms. The zero-order valence-corrected chi connectivity index (χ0v) is 16.5. The Balaban J connectivity index is 1.45. The van der Waals surface area contributed by atoms with Gasteiger partial charge in [-0.1, -0.05) is 30.3 Å². The van der Waals surface area contributed by atoms with Crippen molar-refractivity contribution in [1.82, 2.24) is 30.0 Å².